The molecule has 0 unspecified atom stereocenters. The van der Waals surface area contributed by atoms with Gasteiger partial charge >= 0.3 is 0 Å². The zero-order chi connectivity index (χ0) is 28.9. The largest absolute Gasteiger partial charge is 0.379 e. The highest BCUT2D eigenvalue weighted by atomic mass is 32.2. The maximum absolute atomic E-state index is 13.9. The second-order valence-electron chi connectivity index (χ2n) is 10.1. The molecule has 1 saturated carbocycles. The van der Waals surface area contributed by atoms with Gasteiger partial charge in [-0.2, -0.15) is 0 Å². The molecule has 0 aromatic heterocycles. The summed E-state index contributed by atoms with van der Waals surface area (Å²) in [7, 11) is -4.38. The number of nitro groups is 1. The fourth-order valence-electron chi connectivity index (χ4n) is 5.55. The Balaban J connectivity index is 1.37. The summed E-state index contributed by atoms with van der Waals surface area (Å²) in [5.41, 5.74) is -0.363. The molecule has 0 spiro atoms. The Labute approximate surface area is 243 Å². The number of nitrogens with one attached hydrogen (secondary N) is 2. The molecule has 5 rings (SSSR count). The first-order chi connectivity index (χ1) is 19.8. The van der Waals surface area contributed by atoms with Crippen molar-refractivity contribution in [3.8, 4) is 0 Å². The molecule has 8 nitrogen and oxygen atoms in total. The van der Waals surface area contributed by atoms with Gasteiger partial charge in [-0.25, -0.2) is 13.1 Å². The number of rotatable bonds is 10. The Hall–Kier alpha value is -3.89. The molecule has 0 radical (unpaired) electrons. The van der Waals surface area contributed by atoms with Crippen LogP contribution in [0.3, 0.4) is 0 Å². The molecule has 2 N–H and O–H groups in total. The number of fused-ring (bicyclic) bond motifs is 1. The number of hydrogen-bond acceptors (Lipinski definition) is 7. The molecular formula is C31H31N3O5S2. The molecule has 4 aromatic carbocycles. The zero-order valence-electron chi connectivity index (χ0n) is 22.4. The highest BCUT2D eigenvalue weighted by Crippen LogP contribution is 2.43. The van der Waals surface area contributed by atoms with Gasteiger partial charge in [0.15, 0.2) is 0 Å². The summed E-state index contributed by atoms with van der Waals surface area (Å²) in [4.78, 5) is 25.9. The Morgan fingerprint density at radius 3 is 2.37 bits per heavy atom. The van der Waals surface area contributed by atoms with Crippen molar-refractivity contribution in [1.82, 2.24) is 4.72 Å². The summed E-state index contributed by atoms with van der Waals surface area (Å²) in [5.74, 6) is 0.0596. The highest BCUT2D eigenvalue weighted by molar-refractivity contribution is 7.99. The maximum Gasteiger partial charge on any atom is 0.293 e. The van der Waals surface area contributed by atoms with Crippen LogP contribution in [0.1, 0.15) is 37.7 Å². The lowest BCUT2D eigenvalue weighted by Crippen LogP contribution is -2.48. The number of sulfonamides is 1. The Kier molecular flexibility index (Phi) is 8.60. The molecule has 1 amide bonds. The topological polar surface area (TPSA) is 118 Å². The number of thioether (sulfide) groups is 1. The van der Waals surface area contributed by atoms with Crippen molar-refractivity contribution >= 4 is 49.8 Å². The van der Waals surface area contributed by atoms with Crippen LogP contribution < -0.4 is 10.0 Å². The van der Waals surface area contributed by atoms with Crippen molar-refractivity contribution in [2.75, 3.05) is 17.6 Å². The van der Waals surface area contributed by atoms with Crippen LogP contribution in [0.15, 0.2) is 101 Å². The van der Waals surface area contributed by atoms with Crippen molar-refractivity contribution in [3.05, 3.63) is 107 Å². The number of benzene rings is 4. The smallest absolute Gasteiger partial charge is 0.293 e. The number of nitrogens with zero attached hydrogens (tertiary/aromatic N) is 1. The maximum atomic E-state index is 13.9. The SMILES string of the molecule is O=C(NS(=O)(=O)c1ccc(NCCSc2ccccc2)c([N+](=O)[O-])c1)C1(c2cccc3ccccc23)CCCCC1. The molecule has 41 heavy (non-hydrogen) atoms. The van der Waals surface area contributed by atoms with Crippen LogP contribution in [0, 0.1) is 10.1 Å². The molecule has 1 aliphatic rings. The number of anilines is 1. The second-order valence-corrected chi connectivity index (χ2v) is 13.0. The first kappa shape index (κ1) is 28.6. The van der Waals surface area contributed by atoms with E-state index in [-0.39, 0.29) is 16.3 Å². The van der Waals surface area contributed by atoms with Crippen molar-refractivity contribution < 1.29 is 18.1 Å². The van der Waals surface area contributed by atoms with Gasteiger partial charge in [-0.3, -0.25) is 14.9 Å². The van der Waals surface area contributed by atoms with Crippen LogP contribution in [0.25, 0.3) is 10.8 Å². The van der Waals surface area contributed by atoms with Crippen molar-refractivity contribution in [2.45, 2.75) is 47.3 Å². The zero-order valence-corrected chi connectivity index (χ0v) is 24.0. The molecule has 212 valence electrons. The van der Waals surface area contributed by atoms with Gasteiger partial charge in [-0.15, -0.1) is 11.8 Å². The molecule has 0 heterocycles. The quantitative estimate of drug-likeness (QED) is 0.0919. The van der Waals surface area contributed by atoms with Crippen LogP contribution in [-0.2, 0) is 20.2 Å². The number of carbonyl (C=O) groups is 1. The molecule has 1 aliphatic carbocycles. The van der Waals surface area contributed by atoms with E-state index in [1.54, 1.807) is 11.8 Å². The summed E-state index contributed by atoms with van der Waals surface area (Å²) in [6.07, 6.45) is 3.60. The van der Waals surface area contributed by atoms with Crippen LogP contribution in [0.5, 0.6) is 0 Å². The van der Waals surface area contributed by atoms with E-state index in [2.05, 4.69) is 10.0 Å². The van der Waals surface area contributed by atoms with E-state index in [1.807, 2.05) is 72.8 Å². The van der Waals surface area contributed by atoms with Crippen molar-refractivity contribution in [3.63, 3.8) is 0 Å². The van der Waals surface area contributed by atoms with Gasteiger partial charge in [0.25, 0.3) is 15.7 Å². The van der Waals surface area contributed by atoms with E-state index < -0.39 is 26.3 Å². The van der Waals surface area contributed by atoms with Gasteiger partial charge < -0.3 is 5.32 Å². The highest BCUT2D eigenvalue weighted by Gasteiger charge is 2.43. The summed E-state index contributed by atoms with van der Waals surface area (Å²) in [6, 6.07) is 27.0. The van der Waals surface area contributed by atoms with E-state index in [4.69, 9.17) is 0 Å². The van der Waals surface area contributed by atoms with E-state index >= 15 is 0 Å². The lowest BCUT2D eigenvalue weighted by molar-refractivity contribution is -0.384. The lowest BCUT2D eigenvalue weighted by Gasteiger charge is -2.37. The number of amides is 1. The fourth-order valence-corrected chi connectivity index (χ4v) is 7.41. The lowest BCUT2D eigenvalue weighted by atomic mass is 9.68. The van der Waals surface area contributed by atoms with E-state index in [0.717, 1.165) is 46.6 Å². The van der Waals surface area contributed by atoms with Crippen LogP contribution in [-0.4, -0.2) is 31.5 Å². The monoisotopic (exact) mass is 589 g/mol. The number of hydrogen-bond donors (Lipinski definition) is 2. The summed E-state index contributed by atoms with van der Waals surface area (Å²) in [6.45, 7) is 0.441. The van der Waals surface area contributed by atoms with E-state index in [9.17, 15) is 23.3 Å². The van der Waals surface area contributed by atoms with Gasteiger partial charge in [-0.05, 0) is 53.4 Å². The van der Waals surface area contributed by atoms with Crippen molar-refractivity contribution in [1.29, 1.82) is 0 Å². The number of carbonyl (C=O) groups excluding carboxylic acids is 1. The minimum Gasteiger partial charge on any atom is -0.379 e. The first-order valence-corrected chi connectivity index (χ1v) is 16.0. The van der Waals surface area contributed by atoms with Crippen LogP contribution in [0.2, 0.25) is 0 Å². The summed E-state index contributed by atoms with van der Waals surface area (Å²) in [5, 5.41) is 16.8. The second kappa shape index (κ2) is 12.3. The number of nitro benzene ring substituents is 1. The summed E-state index contributed by atoms with van der Waals surface area (Å²) < 4.78 is 29.2. The van der Waals surface area contributed by atoms with E-state index in [0.29, 0.717) is 25.1 Å². The minimum atomic E-state index is -4.38. The molecule has 1 fully saturated rings. The molecular weight excluding hydrogens is 558 g/mol. The Morgan fingerprint density at radius 1 is 0.902 bits per heavy atom. The first-order valence-electron chi connectivity index (χ1n) is 13.6. The minimum absolute atomic E-state index is 0.216. The van der Waals surface area contributed by atoms with Gasteiger partial charge in [-0.1, -0.05) is 79.9 Å². The van der Waals surface area contributed by atoms with E-state index in [1.165, 1.54) is 12.1 Å². The molecule has 4 aromatic rings. The average molecular weight is 590 g/mol. The molecule has 10 heteroatoms. The summed E-state index contributed by atoms with van der Waals surface area (Å²) >= 11 is 1.60. The van der Waals surface area contributed by atoms with Crippen LogP contribution >= 0.6 is 11.8 Å². The predicted octanol–water partition coefficient (Wildman–Crippen LogP) is 6.66. The van der Waals surface area contributed by atoms with Gasteiger partial charge in [0, 0.05) is 23.3 Å². The van der Waals surface area contributed by atoms with Gasteiger partial charge in [0.2, 0.25) is 5.91 Å². The molecule has 0 bridgehead atoms. The molecule has 0 aliphatic heterocycles. The Morgan fingerprint density at radius 2 is 1.61 bits per heavy atom. The third-order valence-electron chi connectivity index (χ3n) is 7.58. The normalized spacial score (nSPS) is 14.8. The van der Waals surface area contributed by atoms with Gasteiger partial charge in [0.05, 0.1) is 15.2 Å². The third kappa shape index (κ3) is 6.23. The van der Waals surface area contributed by atoms with Crippen LogP contribution in [0.4, 0.5) is 11.4 Å². The molecule has 0 saturated heterocycles. The third-order valence-corrected chi connectivity index (χ3v) is 9.92. The van der Waals surface area contributed by atoms with Crippen molar-refractivity contribution in [2.24, 2.45) is 0 Å². The average Bonchev–Trinajstić information content (AvgIpc) is 2.99. The Bertz CT molecular complexity index is 1660. The predicted molar refractivity (Wildman–Crippen MR) is 163 cm³/mol. The molecule has 0 atom stereocenters. The standard InChI is InChI=1S/C31H31N3O5S2/c35-30(31(18-7-2-8-19-31)27-15-9-11-23-10-5-6-14-26(23)27)33-41(38,39)25-16-17-28(29(22-25)34(36)37)32-20-21-40-24-12-3-1-4-13-24/h1,3-6,9-17,22,32H,2,7-8,18-21H2,(H,33,35). The van der Waals surface area contributed by atoms with Gasteiger partial charge in [0.1, 0.15) is 5.69 Å². The fraction of sp³-hybridized carbons (Fsp3) is 0.258.